The number of carbonyl (C=O) groups is 1. The van der Waals surface area contributed by atoms with E-state index in [1.165, 1.54) is 32.1 Å². The summed E-state index contributed by atoms with van der Waals surface area (Å²) < 4.78 is 16.1. The number of hydrogen-bond acceptors (Lipinski definition) is 4. The molecule has 0 aromatic heterocycles. The summed E-state index contributed by atoms with van der Waals surface area (Å²) in [6.07, 6.45) is 10.7. The Morgan fingerprint density at radius 1 is 1.19 bits per heavy atom. The van der Waals surface area contributed by atoms with Gasteiger partial charge in [0.25, 0.3) is 0 Å². The van der Waals surface area contributed by atoms with E-state index in [2.05, 4.69) is 0 Å². The number of epoxide rings is 1. The van der Waals surface area contributed by atoms with Gasteiger partial charge in [-0.15, -0.1) is 0 Å². The highest BCUT2D eigenvalue weighted by Crippen LogP contribution is 2.34. The first-order valence-corrected chi connectivity index (χ1v) is 8.66. The molecular weight excluding hydrogens is 268 g/mol. The van der Waals surface area contributed by atoms with Gasteiger partial charge in [0.1, 0.15) is 0 Å². The molecular formula is C17H30O4. The highest BCUT2D eigenvalue weighted by atomic mass is 16.6. The number of rotatable bonds is 11. The molecule has 0 aromatic rings. The quantitative estimate of drug-likeness (QED) is 0.333. The molecule has 1 unspecified atom stereocenters. The third kappa shape index (κ3) is 5.59. The molecule has 2 aliphatic rings. The van der Waals surface area contributed by atoms with Crippen molar-refractivity contribution in [3.8, 4) is 0 Å². The topological polar surface area (TPSA) is 48.1 Å². The van der Waals surface area contributed by atoms with Gasteiger partial charge in [0.2, 0.25) is 0 Å². The third-order valence-corrected chi connectivity index (χ3v) is 4.59. The van der Waals surface area contributed by atoms with Crippen LogP contribution in [0.15, 0.2) is 0 Å². The Bertz CT molecular complexity index is 306. The SMILES string of the molecule is CCOC(=O)C1(CCCCCCOCC2CCCC2)CO1. The second-order valence-corrected chi connectivity index (χ2v) is 6.39. The minimum Gasteiger partial charge on any atom is -0.464 e. The molecule has 0 aromatic carbocycles. The first-order chi connectivity index (χ1) is 10.3. The van der Waals surface area contributed by atoms with Crippen LogP contribution < -0.4 is 0 Å². The van der Waals surface area contributed by atoms with Crippen LogP contribution >= 0.6 is 0 Å². The Morgan fingerprint density at radius 3 is 2.57 bits per heavy atom. The van der Waals surface area contributed by atoms with Crippen LogP contribution in [-0.4, -0.2) is 38.0 Å². The first-order valence-electron chi connectivity index (χ1n) is 8.66. The monoisotopic (exact) mass is 298 g/mol. The van der Waals surface area contributed by atoms with Crippen molar-refractivity contribution >= 4 is 5.97 Å². The van der Waals surface area contributed by atoms with Crippen LogP contribution in [0.4, 0.5) is 0 Å². The third-order valence-electron chi connectivity index (χ3n) is 4.59. The van der Waals surface area contributed by atoms with Gasteiger partial charge in [-0.05, 0) is 44.9 Å². The fourth-order valence-corrected chi connectivity index (χ4v) is 3.11. The van der Waals surface area contributed by atoms with Gasteiger partial charge in [-0.2, -0.15) is 0 Å². The Balaban J connectivity index is 1.41. The molecule has 1 saturated carbocycles. The molecule has 2 rings (SSSR count). The summed E-state index contributed by atoms with van der Waals surface area (Å²) in [5.74, 6) is 0.645. The highest BCUT2D eigenvalue weighted by Gasteiger charge is 2.52. The molecule has 4 nitrogen and oxygen atoms in total. The summed E-state index contributed by atoms with van der Waals surface area (Å²) in [6, 6.07) is 0. The van der Waals surface area contributed by atoms with Gasteiger partial charge in [-0.1, -0.05) is 25.7 Å². The van der Waals surface area contributed by atoms with Gasteiger partial charge in [0, 0.05) is 13.2 Å². The van der Waals surface area contributed by atoms with E-state index in [-0.39, 0.29) is 5.97 Å². The predicted molar refractivity (Wildman–Crippen MR) is 81.2 cm³/mol. The molecule has 1 heterocycles. The maximum Gasteiger partial charge on any atom is 0.340 e. The van der Waals surface area contributed by atoms with E-state index in [9.17, 15) is 4.79 Å². The van der Waals surface area contributed by atoms with Crippen LogP contribution in [0.5, 0.6) is 0 Å². The van der Waals surface area contributed by atoms with Gasteiger partial charge in [-0.25, -0.2) is 4.79 Å². The largest absolute Gasteiger partial charge is 0.464 e. The van der Waals surface area contributed by atoms with Crippen molar-refractivity contribution in [1.29, 1.82) is 0 Å². The van der Waals surface area contributed by atoms with Crippen molar-refractivity contribution in [1.82, 2.24) is 0 Å². The molecule has 0 bridgehead atoms. The van der Waals surface area contributed by atoms with Crippen molar-refractivity contribution in [3.05, 3.63) is 0 Å². The molecule has 1 aliphatic carbocycles. The smallest absolute Gasteiger partial charge is 0.340 e. The fraction of sp³-hybridized carbons (Fsp3) is 0.941. The molecule has 4 heteroatoms. The van der Waals surface area contributed by atoms with E-state index >= 15 is 0 Å². The lowest BCUT2D eigenvalue weighted by Gasteiger charge is -2.11. The molecule has 0 spiro atoms. The van der Waals surface area contributed by atoms with Gasteiger partial charge >= 0.3 is 5.97 Å². The van der Waals surface area contributed by atoms with E-state index in [4.69, 9.17) is 14.2 Å². The summed E-state index contributed by atoms with van der Waals surface area (Å²) >= 11 is 0. The Morgan fingerprint density at radius 2 is 1.90 bits per heavy atom. The van der Waals surface area contributed by atoms with Crippen LogP contribution in [0.25, 0.3) is 0 Å². The van der Waals surface area contributed by atoms with Gasteiger partial charge in [-0.3, -0.25) is 0 Å². The van der Waals surface area contributed by atoms with E-state index in [1.807, 2.05) is 6.92 Å². The fourth-order valence-electron chi connectivity index (χ4n) is 3.11. The van der Waals surface area contributed by atoms with Gasteiger partial charge < -0.3 is 14.2 Å². The van der Waals surface area contributed by atoms with Gasteiger partial charge in [0.15, 0.2) is 5.60 Å². The lowest BCUT2D eigenvalue weighted by Crippen LogP contribution is -2.27. The van der Waals surface area contributed by atoms with Gasteiger partial charge in [0.05, 0.1) is 13.2 Å². The Kier molecular flexibility index (Phi) is 6.97. The summed E-state index contributed by atoms with van der Waals surface area (Å²) in [5, 5.41) is 0. The maximum atomic E-state index is 11.7. The van der Waals surface area contributed by atoms with Crippen molar-refractivity contribution < 1.29 is 19.0 Å². The van der Waals surface area contributed by atoms with E-state index in [0.717, 1.165) is 44.8 Å². The van der Waals surface area contributed by atoms with Crippen molar-refractivity contribution in [3.63, 3.8) is 0 Å². The van der Waals surface area contributed by atoms with E-state index in [1.54, 1.807) is 0 Å². The van der Waals surface area contributed by atoms with E-state index in [0.29, 0.717) is 13.2 Å². The number of esters is 1. The summed E-state index contributed by atoms with van der Waals surface area (Å²) in [5.41, 5.74) is -0.588. The number of hydrogen-bond donors (Lipinski definition) is 0. The Labute approximate surface area is 128 Å². The molecule has 21 heavy (non-hydrogen) atoms. The van der Waals surface area contributed by atoms with Crippen LogP contribution in [0.3, 0.4) is 0 Å². The second-order valence-electron chi connectivity index (χ2n) is 6.39. The molecule has 1 saturated heterocycles. The lowest BCUT2D eigenvalue weighted by atomic mass is 10.0. The number of ether oxygens (including phenoxy) is 3. The summed E-state index contributed by atoms with van der Waals surface area (Å²) in [7, 11) is 0. The summed E-state index contributed by atoms with van der Waals surface area (Å²) in [4.78, 5) is 11.7. The molecule has 0 N–H and O–H groups in total. The Hall–Kier alpha value is -0.610. The van der Waals surface area contributed by atoms with Crippen molar-refractivity contribution in [2.24, 2.45) is 5.92 Å². The summed E-state index contributed by atoms with van der Waals surface area (Å²) in [6.45, 7) is 4.65. The average Bonchev–Trinajstić information content (AvgIpc) is 3.09. The molecule has 1 aliphatic heterocycles. The lowest BCUT2D eigenvalue weighted by molar-refractivity contribution is -0.149. The highest BCUT2D eigenvalue weighted by molar-refractivity contribution is 5.82. The molecule has 0 radical (unpaired) electrons. The standard InChI is InChI=1S/C17H30O4/c1-2-20-16(18)17(14-21-17)11-7-3-4-8-12-19-13-15-9-5-6-10-15/h15H,2-14H2,1H3. The zero-order valence-corrected chi connectivity index (χ0v) is 13.4. The average molecular weight is 298 g/mol. The molecule has 122 valence electrons. The maximum absolute atomic E-state index is 11.7. The zero-order chi connectivity index (χ0) is 15.0. The molecule has 0 amide bonds. The zero-order valence-electron chi connectivity index (χ0n) is 13.4. The number of carbonyl (C=O) groups excluding carboxylic acids is 1. The molecule has 2 fully saturated rings. The number of unbranched alkanes of at least 4 members (excludes halogenated alkanes) is 3. The normalized spacial score (nSPS) is 25.2. The minimum absolute atomic E-state index is 0.176. The van der Waals surface area contributed by atoms with Crippen molar-refractivity contribution in [2.75, 3.05) is 26.4 Å². The van der Waals surface area contributed by atoms with E-state index < -0.39 is 5.60 Å². The van der Waals surface area contributed by atoms with Crippen LogP contribution in [0.2, 0.25) is 0 Å². The van der Waals surface area contributed by atoms with Crippen LogP contribution in [0, 0.1) is 5.92 Å². The predicted octanol–water partition coefficient (Wildman–Crippen LogP) is 3.48. The molecule has 1 atom stereocenters. The van der Waals surface area contributed by atoms with Crippen LogP contribution in [-0.2, 0) is 19.0 Å². The first kappa shape index (κ1) is 16.8. The second kappa shape index (κ2) is 8.74. The minimum atomic E-state index is -0.588. The van der Waals surface area contributed by atoms with Crippen molar-refractivity contribution in [2.45, 2.75) is 70.3 Å². The van der Waals surface area contributed by atoms with Crippen LogP contribution in [0.1, 0.15) is 64.7 Å².